The van der Waals surface area contributed by atoms with E-state index in [9.17, 15) is 4.79 Å². The molecular formula is C11H17IN2O. The number of alkyl halides is 1. The van der Waals surface area contributed by atoms with Gasteiger partial charge in [-0.2, -0.15) is 0 Å². The molecule has 3 N–H and O–H groups in total. The molecule has 4 heteroatoms. The molecule has 3 nitrogen and oxygen atoms in total. The Bertz CT molecular complexity index is 293. The molecule has 0 aliphatic heterocycles. The molecule has 3 unspecified atom stereocenters. The van der Waals surface area contributed by atoms with Crippen molar-refractivity contribution in [2.24, 2.45) is 23.5 Å². The number of hydrogen-bond donors (Lipinski definition) is 2. The number of carbonyl (C=O) groups excluding carboxylic acids is 1. The molecule has 2 amide bonds. The standard InChI is InChI=1S/C11H17IN2O/c12-11-4-6-1-7(5-11)3-8(2-6)9(11)14-10(13)15/h6-9H,1-5H2,(H3,13,14,15). The number of rotatable bonds is 1. The molecule has 4 bridgehead atoms. The van der Waals surface area contributed by atoms with Gasteiger partial charge in [0.25, 0.3) is 0 Å². The summed E-state index contributed by atoms with van der Waals surface area (Å²) in [6, 6.07) is -0.00749. The molecule has 4 aliphatic carbocycles. The van der Waals surface area contributed by atoms with Gasteiger partial charge in [0.05, 0.1) is 0 Å². The highest BCUT2D eigenvalue weighted by atomic mass is 127. The number of nitrogens with two attached hydrogens (primary N) is 1. The maximum Gasteiger partial charge on any atom is 0.312 e. The molecule has 84 valence electrons. The van der Waals surface area contributed by atoms with Gasteiger partial charge in [0.15, 0.2) is 0 Å². The Kier molecular flexibility index (Phi) is 2.20. The van der Waals surface area contributed by atoms with E-state index < -0.39 is 0 Å². The Morgan fingerprint density at radius 2 is 1.87 bits per heavy atom. The first kappa shape index (κ1) is 10.2. The van der Waals surface area contributed by atoms with Crippen LogP contribution in [0.4, 0.5) is 4.79 Å². The van der Waals surface area contributed by atoms with E-state index in [0.717, 1.165) is 11.8 Å². The molecule has 15 heavy (non-hydrogen) atoms. The lowest BCUT2D eigenvalue weighted by Gasteiger charge is -2.58. The van der Waals surface area contributed by atoms with Crippen molar-refractivity contribution >= 4 is 28.6 Å². The van der Waals surface area contributed by atoms with Gasteiger partial charge in [-0.15, -0.1) is 0 Å². The highest BCUT2D eigenvalue weighted by Gasteiger charge is 2.56. The number of urea groups is 1. The molecule has 4 rings (SSSR count). The third kappa shape index (κ3) is 1.56. The van der Waals surface area contributed by atoms with Crippen LogP contribution in [-0.4, -0.2) is 15.5 Å². The lowest BCUT2D eigenvalue weighted by Crippen LogP contribution is -2.64. The van der Waals surface area contributed by atoms with E-state index in [1.165, 1.54) is 32.1 Å². The molecular weight excluding hydrogens is 303 g/mol. The minimum absolute atomic E-state index is 0.307. The van der Waals surface area contributed by atoms with Crippen molar-refractivity contribution in [2.75, 3.05) is 0 Å². The Morgan fingerprint density at radius 3 is 2.33 bits per heavy atom. The average molecular weight is 320 g/mol. The fraction of sp³-hybridized carbons (Fsp3) is 0.909. The van der Waals surface area contributed by atoms with Crippen molar-refractivity contribution in [1.29, 1.82) is 0 Å². The lowest BCUT2D eigenvalue weighted by molar-refractivity contribution is 0.0172. The summed E-state index contributed by atoms with van der Waals surface area (Å²) in [5.41, 5.74) is 5.28. The second-order valence-electron chi connectivity index (χ2n) is 5.63. The molecule has 0 aromatic heterocycles. The lowest BCUT2D eigenvalue weighted by atomic mass is 9.54. The minimum atomic E-state index is -0.344. The van der Waals surface area contributed by atoms with E-state index >= 15 is 0 Å². The smallest absolute Gasteiger partial charge is 0.312 e. The molecule has 0 aromatic rings. The van der Waals surface area contributed by atoms with Crippen molar-refractivity contribution < 1.29 is 4.79 Å². The van der Waals surface area contributed by atoms with E-state index in [4.69, 9.17) is 5.73 Å². The number of primary amides is 1. The van der Waals surface area contributed by atoms with Gasteiger partial charge in [-0.3, -0.25) is 0 Å². The fourth-order valence-electron chi connectivity index (χ4n) is 4.34. The molecule has 3 atom stereocenters. The quantitative estimate of drug-likeness (QED) is 0.564. The summed E-state index contributed by atoms with van der Waals surface area (Å²) in [6.07, 6.45) is 6.62. The van der Waals surface area contributed by atoms with Crippen LogP contribution in [0.3, 0.4) is 0 Å². The third-order valence-corrected chi connectivity index (χ3v) is 6.07. The Hall–Kier alpha value is 0. The first-order valence-electron chi connectivity index (χ1n) is 5.82. The molecule has 4 fully saturated rings. The number of carbonyl (C=O) groups is 1. The molecule has 4 aliphatic rings. The molecule has 0 spiro atoms. The van der Waals surface area contributed by atoms with Gasteiger partial charge < -0.3 is 11.1 Å². The van der Waals surface area contributed by atoms with Gasteiger partial charge in [0.1, 0.15) is 0 Å². The Labute approximate surface area is 104 Å². The zero-order valence-corrected chi connectivity index (χ0v) is 10.9. The molecule has 0 saturated heterocycles. The van der Waals surface area contributed by atoms with E-state index in [-0.39, 0.29) is 6.03 Å². The first-order valence-corrected chi connectivity index (χ1v) is 6.89. The van der Waals surface area contributed by atoms with Crippen LogP contribution in [0.25, 0.3) is 0 Å². The van der Waals surface area contributed by atoms with Crippen molar-refractivity contribution in [3.63, 3.8) is 0 Å². The highest BCUT2D eigenvalue weighted by Crippen LogP contribution is 2.59. The molecule has 0 aromatic carbocycles. The SMILES string of the molecule is NC(=O)NC1C2CC3CC(C2)CC1(I)C3. The molecule has 0 heterocycles. The van der Waals surface area contributed by atoms with Crippen molar-refractivity contribution in [3.8, 4) is 0 Å². The van der Waals surface area contributed by atoms with E-state index in [2.05, 4.69) is 27.9 Å². The van der Waals surface area contributed by atoms with Gasteiger partial charge in [0, 0.05) is 9.46 Å². The van der Waals surface area contributed by atoms with Crippen LogP contribution in [0, 0.1) is 17.8 Å². The Morgan fingerprint density at radius 1 is 1.27 bits per heavy atom. The van der Waals surface area contributed by atoms with Crippen LogP contribution in [0.5, 0.6) is 0 Å². The Balaban J connectivity index is 1.86. The molecule has 4 saturated carbocycles. The summed E-state index contributed by atoms with van der Waals surface area (Å²) < 4.78 is 0.307. The second-order valence-corrected chi connectivity index (χ2v) is 7.78. The van der Waals surface area contributed by atoms with Crippen LogP contribution in [0.1, 0.15) is 32.1 Å². The predicted molar refractivity (Wildman–Crippen MR) is 66.8 cm³/mol. The van der Waals surface area contributed by atoms with Crippen LogP contribution >= 0.6 is 22.6 Å². The summed E-state index contributed by atoms with van der Waals surface area (Å²) >= 11 is 2.59. The van der Waals surface area contributed by atoms with Gasteiger partial charge >= 0.3 is 6.03 Å². The predicted octanol–water partition coefficient (Wildman–Crippen LogP) is 2.04. The number of amides is 2. The fourth-order valence-corrected chi connectivity index (χ4v) is 6.25. The number of nitrogens with one attached hydrogen (secondary N) is 1. The second kappa shape index (κ2) is 3.25. The van der Waals surface area contributed by atoms with Crippen LogP contribution in [0.2, 0.25) is 0 Å². The maximum atomic E-state index is 11.0. The average Bonchev–Trinajstić information content (AvgIpc) is 2.09. The summed E-state index contributed by atoms with van der Waals surface area (Å²) in [5, 5.41) is 3.00. The monoisotopic (exact) mass is 320 g/mol. The topological polar surface area (TPSA) is 55.1 Å². The molecule has 0 radical (unpaired) electrons. The highest BCUT2D eigenvalue weighted by molar-refractivity contribution is 14.1. The van der Waals surface area contributed by atoms with Gasteiger partial charge in [-0.05, 0) is 49.9 Å². The van der Waals surface area contributed by atoms with Crippen molar-refractivity contribution in [3.05, 3.63) is 0 Å². The minimum Gasteiger partial charge on any atom is -0.352 e. The van der Waals surface area contributed by atoms with Crippen LogP contribution in [0.15, 0.2) is 0 Å². The maximum absolute atomic E-state index is 11.0. The van der Waals surface area contributed by atoms with Crippen LogP contribution < -0.4 is 11.1 Å². The van der Waals surface area contributed by atoms with Crippen molar-refractivity contribution in [1.82, 2.24) is 5.32 Å². The third-order valence-electron chi connectivity index (χ3n) is 4.52. The normalized spacial score (nSPS) is 51.8. The largest absolute Gasteiger partial charge is 0.352 e. The summed E-state index contributed by atoms with van der Waals surface area (Å²) in [6.45, 7) is 0. The summed E-state index contributed by atoms with van der Waals surface area (Å²) in [5.74, 6) is 2.54. The van der Waals surface area contributed by atoms with Gasteiger partial charge in [-0.25, -0.2) is 4.79 Å². The first-order chi connectivity index (χ1) is 7.07. The van der Waals surface area contributed by atoms with Crippen LogP contribution in [-0.2, 0) is 0 Å². The summed E-state index contributed by atoms with van der Waals surface area (Å²) in [7, 11) is 0. The van der Waals surface area contributed by atoms with E-state index in [1.807, 2.05) is 0 Å². The number of halogens is 1. The van der Waals surface area contributed by atoms with Crippen molar-refractivity contribution in [2.45, 2.75) is 41.6 Å². The van der Waals surface area contributed by atoms with E-state index in [1.54, 1.807) is 0 Å². The van der Waals surface area contributed by atoms with Gasteiger partial charge in [0.2, 0.25) is 0 Å². The zero-order chi connectivity index (χ0) is 10.6. The number of hydrogen-bond acceptors (Lipinski definition) is 1. The van der Waals surface area contributed by atoms with E-state index in [0.29, 0.717) is 15.4 Å². The summed E-state index contributed by atoms with van der Waals surface area (Å²) in [4.78, 5) is 11.0. The zero-order valence-electron chi connectivity index (χ0n) is 8.71. The van der Waals surface area contributed by atoms with Gasteiger partial charge in [-0.1, -0.05) is 22.6 Å².